The average molecular weight is 352 g/mol. The maximum Gasteiger partial charge on any atom is 0.324 e. The molecule has 1 aromatic heterocycles. The molecule has 1 atom stereocenters. The van der Waals surface area contributed by atoms with Crippen LogP contribution in [0, 0.1) is 0 Å². The Morgan fingerprint density at radius 3 is 2.65 bits per heavy atom. The first-order valence-electron chi connectivity index (χ1n) is 8.93. The van der Waals surface area contributed by atoms with E-state index < -0.39 is 12.0 Å². The van der Waals surface area contributed by atoms with Crippen molar-refractivity contribution in [2.24, 2.45) is 0 Å². The zero-order valence-corrected chi connectivity index (χ0v) is 14.7. The summed E-state index contributed by atoms with van der Waals surface area (Å²) in [5.41, 5.74) is 2.07. The van der Waals surface area contributed by atoms with E-state index in [2.05, 4.69) is 4.98 Å². The number of hydrogen-bond acceptors (Lipinski definition) is 4. The number of carboxylic acids is 1. The van der Waals surface area contributed by atoms with Crippen LogP contribution in [0.25, 0.3) is 6.08 Å². The van der Waals surface area contributed by atoms with Gasteiger partial charge in [0.15, 0.2) is 0 Å². The zero-order chi connectivity index (χ0) is 18.2. The minimum absolute atomic E-state index is 0.166. The Kier molecular flexibility index (Phi) is 6.52. The van der Waals surface area contributed by atoms with Gasteiger partial charge in [-0.25, -0.2) is 0 Å². The molecule has 0 saturated carbocycles. The predicted octanol–water partition coefficient (Wildman–Crippen LogP) is 3.23. The maximum atomic E-state index is 11.7. The van der Waals surface area contributed by atoms with E-state index in [-0.39, 0.29) is 6.10 Å². The number of aliphatic carboxylic acids is 1. The number of hydrogen-bond donors (Lipinski definition) is 1. The van der Waals surface area contributed by atoms with Gasteiger partial charge in [-0.1, -0.05) is 48.6 Å². The van der Waals surface area contributed by atoms with Crippen LogP contribution in [-0.4, -0.2) is 46.2 Å². The summed E-state index contributed by atoms with van der Waals surface area (Å²) in [6, 6.07) is 13.1. The second-order valence-electron chi connectivity index (χ2n) is 6.46. The van der Waals surface area contributed by atoms with Crippen LogP contribution in [0.15, 0.2) is 60.9 Å². The van der Waals surface area contributed by atoms with Crippen molar-refractivity contribution in [2.75, 3.05) is 13.1 Å². The molecule has 2 aromatic rings. The fourth-order valence-electron chi connectivity index (χ4n) is 3.14. The lowest BCUT2D eigenvalue weighted by Gasteiger charge is -2.34. The SMILES string of the molecule is O=C(O)C(/C=C/c1ccccc1)N1CCC(OCc2cccnc2)CC1. The highest BCUT2D eigenvalue weighted by Gasteiger charge is 2.28. The minimum Gasteiger partial charge on any atom is -0.480 e. The molecule has 0 radical (unpaired) electrons. The number of pyridine rings is 1. The van der Waals surface area contributed by atoms with Crippen LogP contribution in [0.5, 0.6) is 0 Å². The Bertz CT molecular complexity index is 711. The third-order valence-corrected chi connectivity index (χ3v) is 4.60. The average Bonchev–Trinajstić information content (AvgIpc) is 2.69. The molecule has 1 unspecified atom stereocenters. The van der Waals surface area contributed by atoms with Gasteiger partial charge in [-0.3, -0.25) is 14.7 Å². The van der Waals surface area contributed by atoms with Crippen LogP contribution < -0.4 is 0 Å². The Morgan fingerprint density at radius 2 is 2.00 bits per heavy atom. The third kappa shape index (κ3) is 5.25. The van der Waals surface area contributed by atoms with Gasteiger partial charge in [-0.05, 0) is 30.0 Å². The Morgan fingerprint density at radius 1 is 1.23 bits per heavy atom. The van der Waals surface area contributed by atoms with Crippen LogP contribution >= 0.6 is 0 Å². The fraction of sp³-hybridized carbons (Fsp3) is 0.333. The smallest absolute Gasteiger partial charge is 0.324 e. The van der Waals surface area contributed by atoms with Gasteiger partial charge in [0, 0.05) is 25.5 Å². The minimum atomic E-state index is -0.813. The van der Waals surface area contributed by atoms with Crippen LogP contribution in [0.1, 0.15) is 24.0 Å². The number of carbonyl (C=O) groups is 1. The first kappa shape index (κ1) is 18.3. The van der Waals surface area contributed by atoms with Gasteiger partial charge in [-0.2, -0.15) is 0 Å². The number of ether oxygens (including phenoxy) is 1. The van der Waals surface area contributed by atoms with Crippen LogP contribution in [0.3, 0.4) is 0 Å². The number of aromatic nitrogens is 1. The lowest BCUT2D eigenvalue weighted by Crippen LogP contribution is -2.46. The van der Waals surface area contributed by atoms with Crippen LogP contribution in [0.4, 0.5) is 0 Å². The molecule has 1 aromatic carbocycles. The standard InChI is InChI=1S/C21H24N2O3/c24-21(25)20(9-8-17-5-2-1-3-6-17)23-13-10-19(11-14-23)26-16-18-7-4-12-22-15-18/h1-9,12,15,19-20H,10-11,13-14,16H2,(H,24,25)/b9-8+. The van der Waals surface area contributed by atoms with Crippen molar-refractivity contribution in [1.82, 2.24) is 9.88 Å². The topological polar surface area (TPSA) is 62.7 Å². The summed E-state index contributed by atoms with van der Waals surface area (Å²) < 4.78 is 5.95. The summed E-state index contributed by atoms with van der Waals surface area (Å²) in [4.78, 5) is 17.8. The van der Waals surface area contributed by atoms with Crippen molar-refractivity contribution >= 4 is 12.0 Å². The summed E-state index contributed by atoms with van der Waals surface area (Å²) in [6.45, 7) is 1.98. The molecule has 1 saturated heterocycles. The molecule has 0 amide bonds. The predicted molar refractivity (Wildman–Crippen MR) is 101 cm³/mol. The molecule has 3 rings (SSSR count). The highest BCUT2D eigenvalue weighted by molar-refractivity contribution is 5.77. The maximum absolute atomic E-state index is 11.7. The second kappa shape index (κ2) is 9.27. The molecule has 2 heterocycles. The molecule has 5 nitrogen and oxygen atoms in total. The van der Waals surface area contributed by atoms with E-state index in [1.807, 2.05) is 59.6 Å². The van der Waals surface area contributed by atoms with E-state index in [0.29, 0.717) is 19.7 Å². The normalized spacial score (nSPS) is 17.4. The molecular weight excluding hydrogens is 328 g/mol. The molecule has 1 aliphatic rings. The second-order valence-corrected chi connectivity index (χ2v) is 6.46. The molecule has 136 valence electrons. The monoisotopic (exact) mass is 352 g/mol. The van der Waals surface area contributed by atoms with Gasteiger partial charge in [-0.15, -0.1) is 0 Å². The molecule has 5 heteroatoms. The Labute approximate surface area is 153 Å². The van der Waals surface area contributed by atoms with E-state index in [9.17, 15) is 9.90 Å². The van der Waals surface area contributed by atoms with Gasteiger partial charge in [0.1, 0.15) is 6.04 Å². The van der Waals surface area contributed by atoms with Crippen molar-refractivity contribution in [3.8, 4) is 0 Å². The number of nitrogens with zero attached hydrogens (tertiary/aromatic N) is 2. The largest absolute Gasteiger partial charge is 0.480 e. The van der Waals surface area contributed by atoms with E-state index in [1.165, 1.54) is 0 Å². The first-order chi connectivity index (χ1) is 12.7. The molecule has 1 N–H and O–H groups in total. The molecule has 0 spiro atoms. The van der Waals surface area contributed by atoms with Crippen molar-refractivity contribution in [1.29, 1.82) is 0 Å². The third-order valence-electron chi connectivity index (χ3n) is 4.60. The van der Waals surface area contributed by atoms with Crippen molar-refractivity contribution < 1.29 is 14.6 Å². The lowest BCUT2D eigenvalue weighted by molar-refractivity contribution is -0.142. The number of likely N-dealkylation sites (tertiary alicyclic amines) is 1. The summed E-state index contributed by atoms with van der Waals surface area (Å²) in [7, 11) is 0. The van der Waals surface area contributed by atoms with E-state index in [4.69, 9.17) is 4.74 Å². The van der Waals surface area contributed by atoms with Crippen LogP contribution in [0.2, 0.25) is 0 Å². The van der Waals surface area contributed by atoms with Crippen LogP contribution in [-0.2, 0) is 16.1 Å². The van der Waals surface area contributed by atoms with E-state index in [1.54, 1.807) is 12.3 Å². The van der Waals surface area contributed by atoms with Gasteiger partial charge < -0.3 is 9.84 Å². The Balaban J connectivity index is 1.51. The molecule has 1 fully saturated rings. The van der Waals surface area contributed by atoms with Gasteiger partial charge in [0.25, 0.3) is 0 Å². The summed E-state index contributed by atoms with van der Waals surface area (Å²) in [5, 5.41) is 9.59. The number of rotatable bonds is 7. The summed E-state index contributed by atoms with van der Waals surface area (Å²) >= 11 is 0. The van der Waals surface area contributed by atoms with Crippen molar-refractivity contribution in [2.45, 2.75) is 31.6 Å². The number of carboxylic acid groups (broad SMARTS) is 1. The number of piperidine rings is 1. The van der Waals surface area contributed by atoms with E-state index >= 15 is 0 Å². The van der Waals surface area contributed by atoms with Crippen molar-refractivity contribution in [3.63, 3.8) is 0 Å². The summed E-state index contributed by atoms with van der Waals surface area (Å²) in [6.07, 6.45) is 9.05. The fourth-order valence-corrected chi connectivity index (χ4v) is 3.14. The van der Waals surface area contributed by atoms with Crippen molar-refractivity contribution in [3.05, 3.63) is 72.1 Å². The van der Waals surface area contributed by atoms with Gasteiger partial charge >= 0.3 is 5.97 Å². The molecule has 1 aliphatic heterocycles. The quantitative estimate of drug-likeness (QED) is 0.829. The molecule has 0 bridgehead atoms. The lowest BCUT2D eigenvalue weighted by atomic mass is 10.0. The molecular formula is C21H24N2O3. The highest BCUT2D eigenvalue weighted by Crippen LogP contribution is 2.19. The number of benzene rings is 1. The molecule has 26 heavy (non-hydrogen) atoms. The van der Waals surface area contributed by atoms with E-state index in [0.717, 1.165) is 24.0 Å². The zero-order valence-electron chi connectivity index (χ0n) is 14.7. The first-order valence-corrected chi connectivity index (χ1v) is 8.93. The summed E-state index contributed by atoms with van der Waals surface area (Å²) in [5.74, 6) is -0.813. The van der Waals surface area contributed by atoms with Gasteiger partial charge in [0.05, 0.1) is 12.7 Å². The van der Waals surface area contributed by atoms with Gasteiger partial charge in [0.2, 0.25) is 0 Å². The molecule has 0 aliphatic carbocycles. The Hall–Kier alpha value is -2.50. The highest BCUT2D eigenvalue weighted by atomic mass is 16.5.